The molecule has 0 radical (unpaired) electrons. The summed E-state index contributed by atoms with van der Waals surface area (Å²) in [7, 11) is 0. The van der Waals surface area contributed by atoms with Crippen LogP contribution in [0, 0.1) is 0 Å². The summed E-state index contributed by atoms with van der Waals surface area (Å²) < 4.78 is 0. The summed E-state index contributed by atoms with van der Waals surface area (Å²) in [6.07, 6.45) is 1.36. The minimum atomic E-state index is -0.120. The molecule has 0 unspecified atom stereocenters. The lowest BCUT2D eigenvalue weighted by Gasteiger charge is -2.16. The third-order valence-electron chi connectivity index (χ3n) is 1.11. The summed E-state index contributed by atoms with van der Waals surface area (Å²) in [6.45, 7) is 1.97. The standard InChI is InChI=1S/C6H7NO2/c1-4(8)2-5-3-7-6(5)9/h2H,3H2,1H3,(H,7,9). The summed E-state index contributed by atoms with van der Waals surface area (Å²) in [4.78, 5) is 20.8. The molecule has 1 heterocycles. The van der Waals surface area contributed by atoms with Gasteiger partial charge in [-0.05, 0) is 13.0 Å². The zero-order valence-corrected chi connectivity index (χ0v) is 5.10. The molecule has 1 rings (SSSR count). The molecule has 1 aliphatic heterocycles. The Balaban J connectivity index is 2.62. The molecule has 0 aromatic rings. The molecule has 0 aromatic heterocycles. The van der Waals surface area contributed by atoms with Crippen molar-refractivity contribution in [2.24, 2.45) is 0 Å². The van der Waals surface area contributed by atoms with Gasteiger partial charge in [-0.25, -0.2) is 0 Å². The highest BCUT2D eigenvalue weighted by atomic mass is 16.2. The summed E-state index contributed by atoms with van der Waals surface area (Å²) in [5, 5.41) is 2.50. The molecule has 48 valence electrons. The van der Waals surface area contributed by atoms with Crippen LogP contribution in [0.3, 0.4) is 0 Å². The summed E-state index contributed by atoms with van der Waals surface area (Å²) in [6, 6.07) is 0. The first-order valence-corrected chi connectivity index (χ1v) is 2.69. The fourth-order valence-electron chi connectivity index (χ4n) is 0.625. The van der Waals surface area contributed by atoms with Crippen molar-refractivity contribution in [2.45, 2.75) is 6.92 Å². The van der Waals surface area contributed by atoms with E-state index < -0.39 is 0 Å². The van der Waals surface area contributed by atoms with Crippen LogP contribution in [-0.2, 0) is 9.59 Å². The lowest BCUT2D eigenvalue weighted by molar-refractivity contribution is -0.121. The van der Waals surface area contributed by atoms with Crippen LogP contribution in [0.4, 0.5) is 0 Å². The van der Waals surface area contributed by atoms with Crippen LogP contribution in [0.1, 0.15) is 6.92 Å². The van der Waals surface area contributed by atoms with Gasteiger partial charge in [0.2, 0.25) is 5.91 Å². The highest BCUT2D eigenvalue weighted by molar-refractivity contribution is 6.05. The van der Waals surface area contributed by atoms with Gasteiger partial charge in [0.05, 0.1) is 0 Å². The molecule has 3 heteroatoms. The van der Waals surface area contributed by atoms with Crippen molar-refractivity contribution in [2.75, 3.05) is 6.54 Å². The van der Waals surface area contributed by atoms with Gasteiger partial charge in [-0.2, -0.15) is 0 Å². The first-order valence-electron chi connectivity index (χ1n) is 2.69. The number of carbonyl (C=O) groups is 2. The largest absolute Gasteiger partial charge is 0.348 e. The minimum absolute atomic E-state index is 0.0696. The monoisotopic (exact) mass is 125 g/mol. The van der Waals surface area contributed by atoms with Crippen LogP contribution in [0.5, 0.6) is 0 Å². The molecule has 0 aliphatic carbocycles. The number of rotatable bonds is 1. The molecule has 1 fully saturated rings. The summed E-state index contributed by atoms with van der Waals surface area (Å²) in [5.74, 6) is -0.190. The number of nitrogens with one attached hydrogen (secondary N) is 1. The SMILES string of the molecule is CC(=O)C=C1CNC1=O. The predicted octanol–water partition coefficient (Wildman–Crippen LogP) is -0.368. The Kier molecular flexibility index (Phi) is 1.34. The lowest BCUT2D eigenvalue weighted by atomic mass is 10.1. The Bertz CT molecular complexity index is 193. The van der Waals surface area contributed by atoms with Crippen LogP contribution < -0.4 is 5.32 Å². The third-order valence-corrected chi connectivity index (χ3v) is 1.11. The summed E-state index contributed by atoms with van der Waals surface area (Å²) in [5.41, 5.74) is 0.586. The van der Waals surface area contributed by atoms with Gasteiger partial charge in [-0.3, -0.25) is 9.59 Å². The maximum Gasteiger partial charge on any atom is 0.249 e. The van der Waals surface area contributed by atoms with Gasteiger partial charge in [0.15, 0.2) is 5.78 Å². The molecule has 1 saturated heterocycles. The van der Waals surface area contributed by atoms with E-state index in [9.17, 15) is 9.59 Å². The van der Waals surface area contributed by atoms with Crippen molar-refractivity contribution in [3.63, 3.8) is 0 Å². The second-order valence-electron chi connectivity index (χ2n) is 1.96. The van der Waals surface area contributed by atoms with E-state index in [4.69, 9.17) is 0 Å². The number of β-lactam (4-membered cyclic amide) rings is 1. The van der Waals surface area contributed by atoms with Crippen molar-refractivity contribution >= 4 is 11.7 Å². The highest BCUT2D eigenvalue weighted by Crippen LogP contribution is 2.01. The number of allylic oxidation sites excluding steroid dienone is 1. The van der Waals surface area contributed by atoms with Gasteiger partial charge >= 0.3 is 0 Å². The van der Waals surface area contributed by atoms with E-state index in [0.29, 0.717) is 12.1 Å². The highest BCUT2D eigenvalue weighted by Gasteiger charge is 2.18. The van der Waals surface area contributed by atoms with E-state index in [1.165, 1.54) is 13.0 Å². The zero-order valence-electron chi connectivity index (χ0n) is 5.10. The maximum absolute atomic E-state index is 10.4. The molecule has 0 saturated carbocycles. The molecule has 1 aliphatic rings. The third kappa shape index (κ3) is 1.16. The topological polar surface area (TPSA) is 46.2 Å². The first-order chi connectivity index (χ1) is 4.20. The zero-order chi connectivity index (χ0) is 6.85. The Morgan fingerprint density at radius 2 is 2.44 bits per heavy atom. The van der Waals surface area contributed by atoms with Gasteiger partial charge in [0, 0.05) is 12.1 Å². The second kappa shape index (κ2) is 2.01. The van der Waals surface area contributed by atoms with E-state index >= 15 is 0 Å². The smallest absolute Gasteiger partial charge is 0.249 e. The van der Waals surface area contributed by atoms with E-state index in [-0.39, 0.29) is 11.7 Å². The quantitative estimate of drug-likeness (QED) is 0.384. The van der Waals surface area contributed by atoms with Crippen LogP contribution in [-0.4, -0.2) is 18.2 Å². The Morgan fingerprint density at radius 1 is 1.78 bits per heavy atom. The van der Waals surface area contributed by atoms with Crippen molar-refractivity contribution in [1.82, 2.24) is 5.32 Å². The van der Waals surface area contributed by atoms with Crippen molar-refractivity contribution in [3.8, 4) is 0 Å². The fraction of sp³-hybridized carbons (Fsp3) is 0.333. The molecular weight excluding hydrogens is 118 g/mol. The van der Waals surface area contributed by atoms with Gasteiger partial charge in [-0.15, -0.1) is 0 Å². The molecule has 1 N–H and O–H groups in total. The van der Waals surface area contributed by atoms with Crippen molar-refractivity contribution in [1.29, 1.82) is 0 Å². The maximum atomic E-state index is 10.4. The Labute approximate surface area is 52.7 Å². The number of carbonyl (C=O) groups excluding carboxylic acids is 2. The molecule has 0 spiro atoms. The molecule has 0 bridgehead atoms. The minimum Gasteiger partial charge on any atom is -0.348 e. The van der Waals surface area contributed by atoms with E-state index in [1.54, 1.807) is 0 Å². The average Bonchev–Trinajstić information content (AvgIpc) is 1.79. The van der Waals surface area contributed by atoms with E-state index in [1.807, 2.05) is 0 Å². The van der Waals surface area contributed by atoms with Crippen LogP contribution in [0.15, 0.2) is 11.6 Å². The van der Waals surface area contributed by atoms with Gasteiger partial charge in [0.25, 0.3) is 0 Å². The number of ketones is 1. The average molecular weight is 125 g/mol. The van der Waals surface area contributed by atoms with Gasteiger partial charge < -0.3 is 5.32 Å². The number of amides is 1. The Hall–Kier alpha value is -1.12. The van der Waals surface area contributed by atoms with Crippen LogP contribution >= 0.6 is 0 Å². The van der Waals surface area contributed by atoms with E-state index in [0.717, 1.165) is 0 Å². The predicted molar refractivity (Wildman–Crippen MR) is 31.8 cm³/mol. The van der Waals surface area contributed by atoms with Crippen molar-refractivity contribution in [3.05, 3.63) is 11.6 Å². The van der Waals surface area contributed by atoms with Crippen LogP contribution in [0.25, 0.3) is 0 Å². The van der Waals surface area contributed by atoms with Crippen LogP contribution in [0.2, 0.25) is 0 Å². The number of hydrogen-bond donors (Lipinski definition) is 1. The fourth-order valence-corrected chi connectivity index (χ4v) is 0.625. The molecule has 0 atom stereocenters. The van der Waals surface area contributed by atoms with Gasteiger partial charge in [0.1, 0.15) is 0 Å². The molecule has 0 aromatic carbocycles. The molecule has 3 nitrogen and oxygen atoms in total. The summed E-state index contributed by atoms with van der Waals surface area (Å²) >= 11 is 0. The Morgan fingerprint density at radius 3 is 2.56 bits per heavy atom. The van der Waals surface area contributed by atoms with Gasteiger partial charge in [-0.1, -0.05) is 0 Å². The lowest BCUT2D eigenvalue weighted by Crippen LogP contribution is -2.41. The van der Waals surface area contributed by atoms with E-state index in [2.05, 4.69) is 5.32 Å². The number of hydrogen-bond acceptors (Lipinski definition) is 2. The second-order valence-corrected chi connectivity index (χ2v) is 1.96. The normalized spacial score (nSPS) is 21.0. The molecular formula is C6H7NO2. The molecule has 9 heavy (non-hydrogen) atoms. The van der Waals surface area contributed by atoms with Crippen molar-refractivity contribution < 1.29 is 9.59 Å². The molecule has 1 amide bonds. The first kappa shape index (κ1) is 6.01.